The Bertz CT molecular complexity index is 318. The molecule has 2 heteroatoms. The third-order valence-corrected chi connectivity index (χ3v) is 2.60. The van der Waals surface area contributed by atoms with Gasteiger partial charge in [-0.25, -0.2) is 0 Å². The molecule has 0 saturated heterocycles. The van der Waals surface area contributed by atoms with E-state index in [0.717, 1.165) is 40.8 Å². The predicted octanol–water partition coefficient (Wildman–Crippen LogP) is 3.28. The Balaban J connectivity index is 3.35. The molecule has 1 nitrogen and oxygen atoms in total. The largest absolute Gasteiger partial charge is 0.298 e. The second-order valence-electron chi connectivity index (χ2n) is 2.92. The number of halogens is 1. The lowest BCUT2D eigenvalue weighted by Crippen LogP contribution is -1.98. The molecule has 0 unspecified atom stereocenters. The Labute approximate surface area is 83.7 Å². The maximum Gasteiger partial charge on any atom is 0.150 e. The zero-order chi connectivity index (χ0) is 9.84. The van der Waals surface area contributed by atoms with Crippen molar-refractivity contribution in [3.8, 4) is 0 Å². The molecule has 0 saturated carbocycles. The number of hydrogen-bond donors (Lipinski definition) is 0. The fraction of sp³-hybridized carbons (Fsp3) is 0.364. The van der Waals surface area contributed by atoms with Crippen LogP contribution in [0.1, 0.15) is 35.3 Å². The van der Waals surface area contributed by atoms with Gasteiger partial charge in [-0.2, -0.15) is 0 Å². The first kappa shape index (κ1) is 10.3. The van der Waals surface area contributed by atoms with E-state index in [2.05, 4.69) is 6.92 Å². The summed E-state index contributed by atoms with van der Waals surface area (Å²) in [6, 6.07) is 3.58. The first-order chi connectivity index (χ1) is 6.24. The highest BCUT2D eigenvalue weighted by Gasteiger charge is 2.08. The minimum absolute atomic E-state index is 0.767. The topological polar surface area (TPSA) is 17.1 Å². The summed E-state index contributed by atoms with van der Waals surface area (Å²) in [5.74, 6) is 0. The number of aldehydes is 1. The van der Waals surface area contributed by atoms with Crippen LogP contribution in [0.15, 0.2) is 12.1 Å². The zero-order valence-electron chi connectivity index (χ0n) is 7.93. The minimum atomic E-state index is 0.767. The molecule has 1 aromatic rings. The van der Waals surface area contributed by atoms with Crippen molar-refractivity contribution in [2.24, 2.45) is 0 Å². The quantitative estimate of drug-likeness (QED) is 0.679. The fourth-order valence-corrected chi connectivity index (χ4v) is 1.90. The van der Waals surface area contributed by atoms with Crippen LogP contribution in [-0.2, 0) is 12.8 Å². The van der Waals surface area contributed by atoms with Crippen molar-refractivity contribution in [1.82, 2.24) is 0 Å². The third kappa shape index (κ3) is 1.92. The van der Waals surface area contributed by atoms with E-state index in [0.29, 0.717) is 0 Å². The van der Waals surface area contributed by atoms with Crippen LogP contribution in [0.4, 0.5) is 0 Å². The Morgan fingerprint density at radius 2 is 1.85 bits per heavy atom. The van der Waals surface area contributed by atoms with Gasteiger partial charge < -0.3 is 0 Å². The Kier molecular flexibility index (Phi) is 3.49. The van der Waals surface area contributed by atoms with Crippen LogP contribution in [0.3, 0.4) is 0 Å². The van der Waals surface area contributed by atoms with E-state index in [9.17, 15) is 4.79 Å². The van der Waals surface area contributed by atoms with Crippen molar-refractivity contribution in [2.75, 3.05) is 0 Å². The SMILES string of the molecule is CCc1c(Cl)ccc(C=O)c1CC. The summed E-state index contributed by atoms with van der Waals surface area (Å²) in [6.07, 6.45) is 2.63. The average molecular weight is 197 g/mol. The van der Waals surface area contributed by atoms with E-state index in [1.54, 1.807) is 12.1 Å². The van der Waals surface area contributed by atoms with Gasteiger partial charge in [0.05, 0.1) is 0 Å². The van der Waals surface area contributed by atoms with E-state index in [1.165, 1.54) is 0 Å². The summed E-state index contributed by atoms with van der Waals surface area (Å²) in [7, 11) is 0. The van der Waals surface area contributed by atoms with Gasteiger partial charge in [-0.15, -0.1) is 0 Å². The second-order valence-corrected chi connectivity index (χ2v) is 3.33. The molecule has 0 atom stereocenters. The number of carbonyl (C=O) groups excluding carboxylic acids is 1. The molecule has 0 bridgehead atoms. The molecule has 0 aliphatic heterocycles. The molecule has 0 radical (unpaired) electrons. The zero-order valence-corrected chi connectivity index (χ0v) is 8.69. The number of carbonyl (C=O) groups is 1. The number of rotatable bonds is 3. The molecule has 0 aliphatic carbocycles. The van der Waals surface area contributed by atoms with Crippen molar-refractivity contribution in [1.29, 1.82) is 0 Å². The standard InChI is InChI=1S/C11H13ClO/c1-3-9-8(7-13)5-6-11(12)10(9)4-2/h5-7H,3-4H2,1-2H3. The number of hydrogen-bond acceptors (Lipinski definition) is 1. The van der Waals surface area contributed by atoms with E-state index < -0.39 is 0 Å². The van der Waals surface area contributed by atoms with Gasteiger partial charge in [-0.1, -0.05) is 25.4 Å². The summed E-state index contributed by atoms with van der Waals surface area (Å²) in [5, 5.41) is 0.768. The van der Waals surface area contributed by atoms with Crippen LogP contribution in [0.25, 0.3) is 0 Å². The maximum absolute atomic E-state index is 10.7. The van der Waals surface area contributed by atoms with Gasteiger partial charge in [0.1, 0.15) is 6.29 Å². The fourth-order valence-electron chi connectivity index (χ4n) is 1.59. The number of benzene rings is 1. The lowest BCUT2D eigenvalue weighted by molar-refractivity contribution is 0.112. The second kappa shape index (κ2) is 4.43. The van der Waals surface area contributed by atoms with Crippen molar-refractivity contribution >= 4 is 17.9 Å². The van der Waals surface area contributed by atoms with Gasteiger partial charge in [-0.05, 0) is 36.1 Å². The van der Waals surface area contributed by atoms with Crippen LogP contribution in [-0.4, -0.2) is 6.29 Å². The molecular weight excluding hydrogens is 184 g/mol. The molecule has 0 aliphatic rings. The van der Waals surface area contributed by atoms with E-state index >= 15 is 0 Å². The van der Waals surface area contributed by atoms with Gasteiger partial charge in [-0.3, -0.25) is 4.79 Å². The molecule has 13 heavy (non-hydrogen) atoms. The molecule has 0 amide bonds. The first-order valence-corrected chi connectivity index (χ1v) is 4.87. The van der Waals surface area contributed by atoms with Crippen LogP contribution in [0.2, 0.25) is 5.02 Å². The van der Waals surface area contributed by atoms with Crippen LogP contribution in [0.5, 0.6) is 0 Å². The van der Waals surface area contributed by atoms with E-state index in [1.807, 2.05) is 6.92 Å². The molecular formula is C11H13ClO. The summed E-state index contributed by atoms with van der Waals surface area (Å²) in [5.41, 5.74) is 2.96. The molecule has 0 aromatic heterocycles. The van der Waals surface area contributed by atoms with E-state index in [4.69, 9.17) is 11.6 Å². The average Bonchev–Trinajstić information content (AvgIpc) is 2.17. The van der Waals surface area contributed by atoms with Crippen LogP contribution in [0, 0.1) is 0 Å². The van der Waals surface area contributed by atoms with Crippen molar-refractivity contribution in [3.63, 3.8) is 0 Å². The molecule has 0 fully saturated rings. The summed E-state index contributed by atoms with van der Waals surface area (Å²) in [4.78, 5) is 10.7. The van der Waals surface area contributed by atoms with Crippen molar-refractivity contribution < 1.29 is 4.79 Å². The molecule has 1 rings (SSSR count). The molecule has 0 spiro atoms. The Morgan fingerprint density at radius 1 is 1.23 bits per heavy atom. The lowest BCUT2D eigenvalue weighted by atomic mass is 9.98. The van der Waals surface area contributed by atoms with Crippen LogP contribution >= 0.6 is 11.6 Å². The Hall–Kier alpha value is -0.820. The van der Waals surface area contributed by atoms with Gasteiger partial charge in [0.15, 0.2) is 0 Å². The van der Waals surface area contributed by atoms with Crippen molar-refractivity contribution in [2.45, 2.75) is 26.7 Å². The molecule has 0 heterocycles. The summed E-state index contributed by atoms with van der Waals surface area (Å²) >= 11 is 6.02. The van der Waals surface area contributed by atoms with Gasteiger partial charge in [0, 0.05) is 10.6 Å². The summed E-state index contributed by atoms with van der Waals surface area (Å²) < 4.78 is 0. The monoisotopic (exact) mass is 196 g/mol. The summed E-state index contributed by atoms with van der Waals surface area (Å²) in [6.45, 7) is 4.09. The van der Waals surface area contributed by atoms with Crippen molar-refractivity contribution in [3.05, 3.63) is 33.8 Å². The first-order valence-electron chi connectivity index (χ1n) is 4.50. The van der Waals surface area contributed by atoms with Gasteiger partial charge in [0.2, 0.25) is 0 Å². The maximum atomic E-state index is 10.7. The van der Waals surface area contributed by atoms with E-state index in [-0.39, 0.29) is 0 Å². The Morgan fingerprint density at radius 3 is 2.31 bits per heavy atom. The van der Waals surface area contributed by atoms with Gasteiger partial charge >= 0.3 is 0 Å². The van der Waals surface area contributed by atoms with Crippen LogP contribution < -0.4 is 0 Å². The third-order valence-electron chi connectivity index (χ3n) is 2.24. The lowest BCUT2D eigenvalue weighted by Gasteiger charge is -2.09. The minimum Gasteiger partial charge on any atom is -0.298 e. The van der Waals surface area contributed by atoms with Gasteiger partial charge in [0.25, 0.3) is 0 Å². The highest BCUT2D eigenvalue weighted by molar-refractivity contribution is 6.31. The molecule has 70 valence electrons. The smallest absolute Gasteiger partial charge is 0.150 e. The highest BCUT2D eigenvalue weighted by atomic mass is 35.5. The predicted molar refractivity (Wildman–Crippen MR) is 55.6 cm³/mol. The normalized spacial score (nSPS) is 10.1. The molecule has 0 N–H and O–H groups in total. The highest BCUT2D eigenvalue weighted by Crippen LogP contribution is 2.23. The molecule has 1 aromatic carbocycles.